The second kappa shape index (κ2) is 7.34. The van der Waals surface area contributed by atoms with Crippen LogP contribution in [0.2, 0.25) is 0 Å². The van der Waals surface area contributed by atoms with Crippen molar-refractivity contribution in [2.75, 3.05) is 6.61 Å². The Balaban J connectivity index is 1.66. The summed E-state index contributed by atoms with van der Waals surface area (Å²) in [6, 6.07) is 8.55. The van der Waals surface area contributed by atoms with Gasteiger partial charge in [-0.05, 0) is 69.0 Å². The Labute approximate surface area is 164 Å². The zero-order valence-electron chi connectivity index (χ0n) is 16.2. The van der Waals surface area contributed by atoms with E-state index >= 15 is 0 Å². The Bertz CT molecular complexity index is 943. The molecular weight excluding hydrogens is 357 g/mol. The molecule has 2 aliphatic heterocycles. The normalized spacial score (nSPS) is 24.2. The van der Waals surface area contributed by atoms with Gasteiger partial charge in [-0.3, -0.25) is 14.8 Å². The largest absolute Gasteiger partial charge is 0.494 e. The van der Waals surface area contributed by atoms with Gasteiger partial charge in [0.2, 0.25) is 5.91 Å². The van der Waals surface area contributed by atoms with E-state index in [1.165, 1.54) is 6.07 Å². The van der Waals surface area contributed by atoms with Gasteiger partial charge in [-0.15, -0.1) is 0 Å². The van der Waals surface area contributed by atoms with E-state index in [1.54, 1.807) is 24.4 Å². The monoisotopic (exact) mass is 381 g/mol. The van der Waals surface area contributed by atoms with Crippen LogP contribution in [-0.2, 0) is 4.79 Å². The summed E-state index contributed by atoms with van der Waals surface area (Å²) in [5.41, 5.74) is 2.53. The zero-order valence-corrected chi connectivity index (χ0v) is 16.2. The van der Waals surface area contributed by atoms with Crippen LogP contribution in [0.4, 0.5) is 4.39 Å². The minimum absolute atomic E-state index is 0.0558. The first kappa shape index (κ1) is 18.6. The second-order valence-electron chi connectivity index (χ2n) is 7.64. The summed E-state index contributed by atoms with van der Waals surface area (Å²) in [7, 11) is 0. The summed E-state index contributed by atoms with van der Waals surface area (Å²) in [6.07, 6.45) is 4.57. The number of halogens is 1. The van der Waals surface area contributed by atoms with Gasteiger partial charge in [0.05, 0.1) is 30.0 Å². The number of pyridine rings is 1. The molecule has 6 heteroatoms. The van der Waals surface area contributed by atoms with Crippen LogP contribution in [-0.4, -0.2) is 34.8 Å². The van der Waals surface area contributed by atoms with E-state index in [4.69, 9.17) is 9.73 Å². The number of nitrogens with one attached hydrogen (secondary N) is 1. The van der Waals surface area contributed by atoms with Gasteiger partial charge in [0.25, 0.3) is 0 Å². The number of ether oxygens (including phenoxy) is 1. The summed E-state index contributed by atoms with van der Waals surface area (Å²) in [6.45, 7) is 4.44. The first-order valence-corrected chi connectivity index (χ1v) is 9.75. The minimum Gasteiger partial charge on any atom is -0.494 e. The molecule has 1 spiro atoms. The van der Waals surface area contributed by atoms with E-state index in [0.717, 1.165) is 36.2 Å². The van der Waals surface area contributed by atoms with Crippen LogP contribution in [0.25, 0.3) is 11.1 Å². The summed E-state index contributed by atoms with van der Waals surface area (Å²) in [5, 5.41) is 2.96. The highest BCUT2D eigenvalue weighted by molar-refractivity contribution is 6.01. The average Bonchev–Trinajstić information content (AvgIpc) is 3.05. The lowest BCUT2D eigenvalue weighted by Gasteiger charge is -2.34. The number of carbonyl (C=O) groups is 1. The van der Waals surface area contributed by atoms with Gasteiger partial charge >= 0.3 is 0 Å². The molecule has 1 saturated heterocycles. The molecule has 3 heterocycles. The van der Waals surface area contributed by atoms with E-state index in [0.29, 0.717) is 24.3 Å². The molecule has 0 radical (unpaired) electrons. The molecule has 1 aromatic carbocycles. The maximum Gasteiger partial charge on any atom is 0.222 e. The van der Waals surface area contributed by atoms with Crippen molar-refractivity contribution < 1.29 is 13.9 Å². The van der Waals surface area contributed by atoms with Gasteiger partial charge in [-0.2, -0.15) is 0 Å². The summed E-state index contributed by atoms with van der Waals surface area (Å²) in [4.78, 5) is 21.4. The molecule has 1 N–H and O–H groups in total. The molecule has 2 aromatic rings. The number of rotatable bonds is 4. The molecule has 0 unspecified atom stereocenters. The molecule has 0 aliphatic carbocycles. The third-order valence-corrected chi connectivity index (χ3v) is 5.40. The number of benzene rings is 1. The maximum absolute atomic E-state index is 14.4. The van der Waals surface area contributed by atoms with E-state index < -0.39 is 0 Å². The van der Waals surface area contributed by atoms with Crippen LogP contribution >= 0.6 is 0 Å². The second-order valence-corrected chi connectivity index (χ2v) is 7.64. The molecule has 0 saturated carbocycles. The van der Waals surface area contributed by atoms with Gasteiger partial charge in [-0.25, -0.2) is 4.39 Å². The number of carbonyl (C=O) groups excluding carboxylic acids is 1. The lowest BCUT2D eigenvalue weighted by Crippen LogP contribution is -2.48. The number of amides is 1. The van der Waals surface area contributed by atoms with Crippen molar-refractivity contribution in [3.05, 3.63) is 48.0 Å². The quantitative estimate of drug-likeness (QED) is 0.873. The average molecular weight is 381 g/mol. The topological polar surface area (TPSA) is 63.6 Å². The summed E-state index contributed by atoms with van der Waals surface area (Å²) < 4.78 is 19.9. The molecule has 5 nitrogen and oxygen atoms in total. The minimum atomic E-state index is -0.325. The lowest BCUT2D eigenvalue weighted by atomic mass is 9.83. The van der Waals surface area contributed by atoms with Crippen molar-refractivity contribution in [2.24, 2.45) is 4.99 Å². The van der Waals surface area contributed by atoms with Gasteiger partial charge in [0.15, 0.2) is 0 Å². The van der Waals surface area contributed by atoms with Crippen molar-refractivity contribution in [3.8, 4) is 16.9 Å². The van der Waals surface area contributed by atoms with E-state index in [2.05, 4.69) is 10.3 Å². The molecule has 1 aromatic heterocycles. The first-order chi connectivity index (χ1) is 13.5. The van der Waals surface area contributed by atoms with Gasteiger partial charge in [0, 0.05) is 17.8 Å². The van der Waals surface area contributed by atoms with E-state index in [9.17, 15) is 9.18 Å². The fourth-order valence-electron chi connectivity index (χ4n) is 4.27. The fourth-order valence-corrected chi connectivity index (χ4v) is 4.27. The summed E-state index contributed by atoms with van der Waals surface area (Å²) in [5.74, 6) is 0.389. The lowest BCUT2D eigenvalue weighted by molar-refractivity contribution is -0.124. The van der Waals surface area contributed by atoms with E-state index in [-0.39, 0.29) is 23.3 Å². The molecule has 1 fully saturated rings. The molecule has 2 aliphatic rings. The standard InChI is InChI=1S/C22H24FN3O2/c1-3-28-16-4-5-18(23)17(11-16)15-7-9-24-20(10-15)19-6-8-22(26-19)12-14(2)25-21(27)13-22/h4-5,7,9-11,14H,3,6,8,12-13H2,1-2H3,(H,25,27)/t14-,22-/m0/s1. The molecule has 4 rings (SSSR count). The van der Waals surface area contributed by atoms with Crippen molar-refractivity contribution >= 4 is 11.6 Å². The Hall–Kier alpha value is -2.76. The molecule has 2 atom stereocenters. The molecule has 1 amide bonds. The van der Waals surface area contributed by atoms with Gasteiger partial charge in [0.1, 0.15) is 11.6 Å². The number of aliphatic imine (C=N–C) groups is 1. The number of piperidine rings is 1. The Kier molecular flexibility index (Phi) is 4.87. The third-order valence-electron chi connectivity index (χ3n) is 5.40. The highest BCUT2D eigenvalue weighted by Crippen LogP contribution is 2.38. The highest BCUT2D eigenvalue weighted by Gasteiger charge is 2.42. The highest BCUT2D eigenvalue weighted by atomic mass is 19.1. The van der Waals surface area contributed by atoms with E-state index in [1.807, 2.05) is 19.9 Å². The number of nitrogens with zero attached hydrogens (tertiary/aromatic N) is 2. The van der Waals surface area contributed by atoms with Crippen LogP contribution in [0.3, 0.4) is 0 Å². The predicted molar refractivity (Wildman–Crippen MR) is 106 cm³/mol. The maximum atomic E-state index is 14.4. The van der Waals surface area contributed by atoms with Crippen molar-refractivity contribution in [1.29, 1.82) is 0 Å². The Morgan fingerprint density at radius 3 is 2.96 bits per heavy atom. The van der Waals surface area contributed by atoms with Crippen molar-refractivity contribution in [3.63, 3.8) is 0 Å². The third kappa shape index (κ3) is 3.63. The number of aromatic nitrogens is 1. The summed E-state index contributed by atoms with van der Waals surface area (Å²) >= 11 is 0. The van der Waals surface area contributed by atoms with Crippen LogP contribution in [0, 0.1) is 5.82 Å². The Morgan fingerprint density at radius 2 is 2.18 bits per heavy atom. The molecule has 28 heavy (non-hydrogen) atoms. The van der Waals surface area contributed by atoms with Crippen LogP contribution in [0.15, 0.2) is 41.5 Å². The number of hydrogen-bond donors (Lipinski definition) is 1. The molecule has 146 valence electrons. The van der Waals surface area contributed by atoms with Gasteiger partial charge < -0.3 is 10.1 Å². The SMILES string of the molecule is CCOc1ccc(F)c(-c2ccnc(C3=N[C@]4(CC3)CC(=O)N[C@@H](C)C4)c2)c1. The first-order valence-electron chi connectivity index (χ1n) is 9.75. The Morgan fingerprint density at radius 1 is 1.32 bits per heavy atom. The zero-order chi connectivity index (χ0) is 19.7. The smallest absolute Gasteiger partial charge is 0.222 e. The van der Waals surface area contributed by atoms with Crippen molar-refractivity contribution in [1.82, 2.24) is 10.3 Å². The van der Waals surface area contributed by atoms with Crippen LogP contribution in [0.5, 0.6) is 5.75 Å². The predicted octanol–water partition coefficient (Wildman–Crippen LogP) is 3.91. The molecule has 0 bridgehead atoms. The number of hydrogen-bond acceptors (Lipinski definition) is 4. The van der Waals surface area contributed by atoms with Crippen LogP contribution in [0.1, 0.15) is 45.2 Å². The van der Waals surface area contributed by atoms with Crippen LogP contribution < -0.4 is 10.1 Å². The van der Waals surface area contributed by atoms with Gasteiger partial charge in [-0.1, -0.05) is 0 Å². The molecular formula is C22H24FN3O2. The fraction of sp³-hybridized carbons (Fsp3) is 0.409. The van der Waals surface area contributed by atoms with Crippen molar-refractivity contribution in [2.45, 2.75) is 51.1 Å².